The van der Waals surface area contributed by atoms with E-state index in [-0.39, 0.29) is 28.6 Å². The van der Waals surface area contributed by atoms with Crippen LogP contribution in [0.1, 0.15) is 44.1 Å². The maximum atomic E-state index is 14.4. The first-order chi connectivity index (χ1) is 14.0. The zero-order chi connectivity index (χ0) is 20.4. The molecule has 4 rings (SSSR count). The molecule has 2 aromatic rings. The maximum absolute atomic E-state index is 14.4. The van der Waals surface area contributed by atoms with Gasteiger partial charge in [-0.1, -0.05) is 12.1 Å². The van der Waals surface area contributed by atoms with Crippen molar-refractivity contribution in [3.05, 3.63) is 53.6 Å². The second-order valence-corrected chi connectivity index (χ2v) is 7.92. The SMILES string of the molecule is COc1ccc([N+]2(Cc3cccc(F)c3F)CCCC2=O)cc1OC1CCCC1. The number of amides is 1. The van der Waals surface area contributed by atoms with Gasteiger partial charge in [-0.2, -0.15) is 0 Å². The van der Waals surface area contributed by atoms with Crippen molar-refractivity contribution in [1.29, 1.82) is 0 Å². The molecule has 2 aliphatic rings. The van der Waals surface area contributed by atoms with E-state index in [2.05, 4.69) is 0 Å². The number of rotatable bonds is 6. The molecule has 1 saturated carbocycles. The van der Waals surface area contributed by atoms with E-state index in [1.807, 2.05) is 12.1 Å². The van der Waals surface area contributed by atoms with Gasteiger partial charge in [0.05, 0.1) is 26.2 Å². The number of halogens is 2. The summed E-state index contributed by atoms with van der Waals surface area (Å²) in [6.07, 6.45) is 5.56. The Hall–Kier alpha value is -2.47. The van der Waals surface area contributed by atoms with Crippen molar-refractivity contribution in [2.24, 2.45) is 0 Å². The van der Waals surface area contributed by atoms with Crippen LogP contribution >= 0.6 is 0 Å². The van der Waals surface area contributed by atoms with Crippen molar-refractivity contribution in [1.82, 2.24) is 4.48 Å². The first-order valence-electron chi connectivity index (χ1n) is 10.2. The van der Waals surface area contributed by atoms with Crippen molar-refractivity contribution >= 4 is 11.6 Å². The molecule has 1 unspecified atom stereocenters. The molecule has 2 fully saturated rings. The number of nitrogens with zero attached hydrogens (tertiary/aromatic N) is 1. The van der Waals surface area contributed by atoms with Gasteiger partial charge in [0.25, 0.3) is 0 Å². The van der Waals surface area contributed by atoms with Crippen LogP contribution in [0.25, 0.3) is 0 Å². The second kappa shape index (κ2) is 8.11. The Balaban J connectivity index is 1.73. The lowest BCUT2D eigenvalue weighted by molar-refractivity contribution is -0.127. The van der Waals surface area contributed by atoms with E-state index in [1.54, 1.807) is 19.2 Å². The van der Waals surface area contributed by atoms with Crippen LogP contribution in [0, 0.1) is 11.6 Å². The fraction of sp³-hybridized carbons (Fsp3) is 0.435. The molecule has 1 aliphatic carbocycles. The van der Waals surface area contributed by atoms with Gasteiger partial charge in [-0.25, -0.2) is 18.1 Å². The molecule has 1 atom stereocenters. The molecule has 0 aromatic heterocycles. The van der Waals surface area contributed by atoms with Gasteiger partial charge in [0.15, 0.2) is 23.1 Å². The minimum atomic E-state index is -0.896. The highest BCUT2D eigenvalue weighted by atomic mass is 19.2. The van der Waals surface area contributed by atoms with E-state index in [1.165, 1.54) is 6.07 Å². The highest BCUT2D eigenvalue weighted by Crippen LogP contribution is 2.40. The van der Waals surface area contributed by atoms with Gasteiger partial charge in [-0.05, 0) is 37.8 Å². The Bertz CT molecular complexity index is 911. The summed E-state index contributed by atoms with van der Waals surface area (Å²) in [4.78, 5) is 13.0. The molecule has 6 heteroatoms. The van der Waals surface area contributed by atoms with Gasteiger partial charge in [-0.3, -0.25) is 0 Å². The molecule has 0 bridgehead atoms. The lowest BCUT2D eigenvalue weighted by Crippen LogP contribution is -2.49. The summed E-state index contributed by atoms with van der Waals surface area (Å²) < 4.78 is 39.8. The number of methoxy groups -OCH3 is 1. The van der Waals surface area contributed by atoms with Crippen LogP contribution in [0.2, 0.25) is 0 Å². The fourth-order valence-corrected chi connectivity index (χ4v) is 4.54. The Morgan fingerprint density at radius 2 is 1.86 bits per heavy atom. The zero-order valence-electron chi connectivity index (χ0n) is 16.6. The van der Waals surface area contributed by atoms with E-state index < -0.39 is 11.6 Å². The van der Waals surface area contributed by atoms with Crippen LogP contribution in [0.3, 0.4) is 0 Å². The van der Waals surface area contributed by atoms with E-state index in [4.69, 9.17) is 9.47 Å². The molecule has 1 heterocycles. The number of hydrogen-bond acceptors (Lipinski definition) is 3. The van der Waals surface area contributed by atoms with Crippen LogP contribution in [-0.4, -0.2) is 25.7 Å². The molecule has 1 amide bonds. The van der Waals surface area contributed by atoms with Crippen LogP contribution in [-0.2, 0) is 11.3 Å². The second-order valence-electron chi connectivity index (χ2n) is 7.92. The predicted molar refractivity (Wildman–Crippen MR) is 107 cm³/mol. The quantitative estimate of drug-likeness (QED) is 0.629. The summed E-state index contributed by atoms with van der Waals surface area (Å²) in [5, 5.41) is 0. The van der Waals surface area contributed by atoms with Crippen LogP contribution in [0.4, 0.5) is 14.5 Å². The number of carbonyl (C=O) groups is 1. The number of hydrogen-bond donors (Lipinski definition) is 0. The molecule has 1 saturated heterocycles. The number of ether oxygens (including phenoxy) is 2. The summed E-state index contributed by atoms with van der Waals surface area (Å²) >= 11 is 0. The van der Waals surface area contributed by atoms with Crippen LogP contribution in [0.15, 0.2) is 36.4 Å². The molecule has 154 valence electrons. The van der Waals surface area contributed by atoms with Gasteiger partial charge >= 0.3 is 5.91 Å². The van der Waals surface area contributed by atoms with Gasteiger partial charge in [0.2, 0.25) is 0 Å². The minimum absolute atomic E-state index is 0.00523. The topological polar surface area (TPSA) is 35.5 Å². The molecule has 4 nitrogen and oxygen atoms in total. The van der Waals surface area contributed by atoms with E-state index in [0.29, 0.717) is 30.9 Å². The maximum Gasteiger partial charge on any atom is 0.319 e. The summed E-state index contributed by atoms with van der Waals surface area (Å²) in [6, 6.07) is 9.60. The van der Waals surface area contributed by atoms with Gasteiger partial charge < -0.3 is 9.47 Å². The normalized spacial score (nSPS) is 22.2. The van der Waals surface area contributed by atoms with Crippen molar-refractivity contribution in [3.8, 4) is 11.5 Å². The molecule has 29 heavy (non-hydrogen) atoms. The molecule has 1 aliphatic heterocycles. The van der Waals surface area contributed by atoms with Crippen molar-refractivity contribution in [2.75, 3.05) is 13.7 Å². The summed E-state index contributed by atoms with van der Waals surface area (Å²) in [7, 11) is 1.59. The average Bonchev–Trinajstić information content (AvgIpc) is 3.36. The molecule has 0 radical (unpaired) electrons. The minimum Gasteiger partial charge on any atom is -0.493 e. The zero-order valence-corrected chi connectivity index (χ0v) is 16.6. The smallest absolute Gasteiger partial charge is 0.319 e. The Labute approximate surface area is 169 Å². The molecule has 0 spiro atoms. The van der Waals surface area contributed by atoms with E-state index in [0.717, 1.165) is 37.4 Å². The summed E-state index contributed by atoms with van der Waals surface area (Å²) in [6.45, 7) is 0.627. The Morgan fingerprint density at radius 1 is 1.07 bits per heavy atom. The lowest BCUT2D eigenvalue weighted by atomic mass is 10.1. The fourth-order valence-electron chi connectivity index (χ4n) is 4.54. The number of quaternary nitrogens is 1. The van der Waals surface area contributed by atoms with Crippen molar-refractivity contribution < 1.29 is 23.0 Å². The van der Waals surface area contributed by atoms with Crippen LogP contribution < -0.4 is 14.0 Å². The van der Waals surface area contributed by atoms with Crippen LogP contribution in [0.5, 0.6) is 11.5 Å². The highest BCUT2D eigenvalue weighted by Gasteiger charge is 2.44. The third-order valence-corrected chi connectivity index (χ3v) is 6.12. The molecular weight excluding hydrogens is 376 g/mol. The van der Waals surface area contributed by atoms with E-state index in [9.17, 15) is 13.6 Å². The number of benzene rings is 2. The van der Waals surface area contributed by atoms with Crippen molar-refractivity contribution in [2.45, 2.75) is 51.2 Å². The largest absolute Gasteiger partial charge is 0.493 e. The van der Waals surface area contributed by atoms with Gasteiger partial charge in [0, 0.05) is 24.1 Å². The Kier molecular flexibility index (Phi) is 5.54. The number of likely N-dealkylation sites (tertiary alicyclic amines) is 1. The molecule has 0 N–H and O–H groups in total. The Morgan fingerprint density at radius 3 is 2.55 bits per heavy atom. The third-order valence-electron chi connectivity index (χ3n) is 6.12. The number of carbonyl (C=O) groups excluding carboxylic acids is 1. The standard InChI is InChI=1S/C23H26F2NO3/c1-28-20-12-11-17(14-21(20)29-18-7-2-3-8-18)26(13-5-10-22(26)27)15-16-6-4-9-19(24)23(16)25/h4,6,9,11-12,14,18H,2-3,5,7-8,10,13,15H2,1H3/q+1. The lowest BCUT2D eigenvalue weighted by Gasteiger charge is -2.32. The van der Waals surface area contributed by atoms with E-state index >= 15 is 0 Å². The first-order valence-corrected chi connectivity index (χ1v) is 10.2. The predicted octanol–water partition coefficient (Wildman–Crippen LogP) is 5.12. The summed E-state index contributed by atoms with van der Waals surface area (Å²) in [5.74, 6) is -0.560. The van der Waals surface area contributed by atoms with Gasteiger partial charge in [-0.15, -0.1) is 0 Å². The molecule has 2 aromatic carbocycles. The van der Waals surface area contributed by atoms with Gasteiger partial charge in [0.1, 0.15) is 12.2 Å². The third kappa shape index (κ3) is 3.73. The molecular formula is C23H26F2NO3+. The monoisotopic (exact) mass is 402 g/mol. The highest BCUT2D eigenvalue weighted by molar-refractivity contribution is 5.90. The first kappa shape index (κ1) is 19.8. The average molecular weight is 402 g/mol. The van der Waals surface area contributed by atoms with Crippen molar-refractivity contribution in [3.63, 3.8) is 0 Å². The summed E-state index contributed by atoms with van der Waals surface area (Å²) in [5.41, 5.74) is 0.930.